The van der Waals surface area contributed by atoms with Gasteiger partial charge in [0.15, 0.2) is 0 Å². The van der Waals surface area contributed by atoms with Crippen LogP contribution in [-0.2, 0) is 11.2 Å². The van der Waals surface area contributed by atoms with Gasteiger partial charge in [-0.3, -0.25) is 20.4 Å². The summed E-state index contributed by atoms with van der Waals surface area (Å²) in [6.45, 7) is 4.19. The number of amides is 1. The molecule has 0 unspecified atom stereocenters. The molecule has 0 saturated heterocycles. The first-order valence-electron chi connectivity index (χ1n) is 9.76. The number of carbonyl (C=O) groups excluding carboxylic acids is 1. The molecule has 31 heavy (non-hydrogen) atoms. The van der Waals surface area contributed by atoms with Gasteiger partial charge >= 0.3 is 0 Å². The Hall–Kier alpha value is -4.01. The number of ether oxygens (including phenoxy) is 1. The average molecular weight is 419 g/mol. The van der Waals surface area contributed by atoms with E-state index in [0.717, 1.165) is 22.6 Å². The van der Waals surface area contributed by atoms with Crippen LogP contribution in [0.1, 0.15) is 22.6 Å². The van der Waals surface area contributed by atoms with E-state index in [9.17, 15) is 4.79 Å². The van der Waals surface area contributed by atoms with E-state index in [1.807, 2.05) is 44.2 Å². The highest BCUT2D eigenvalue weighted by Gasteiger charge is 2.08. The normalized spacial score (nSPS) is 11.5. The molecule has 160 valence electrons. The van der Waals surface area contributed by atoms with Gasteiger partial charge in [0.2, 0.25) is 11.9 Å². The summed E-state index contributed by atoms with van der Waals surface area (Å²) in [5.74, 6) is 0.968. The lowest BCUT2D eigenvalue weighted by Crippen LogP contribution is -2.36. The van der Waals surface area contributed by atoms with Crippen molar-refractivity contribution in [2.75, 3.05) is 19.0 Å². The number of guanidine groups is 1. The van der Waals surface area contributed by atoms with Crippen LogP contribution in [0.25, 0.3) is 6.08 Å². The number of nitrogens with zero attached hydrogens (tertiary/aromatic N) is 4. The monoisotopic (exact) mass is 419 g/mol. The van der Waals surface area contributed by atoms with E-state index in [2.05, 4.69) is 35.6 Å². The van der Waals surface area contributed by atoms with E-state index in [1.165, 1.54) is 6.08 Å². The second-order valence-electron chi connectivity index (χ2n) is 6.72. The Bertz CT molecular complexity index is 1050. The summed E-state index contributed by atoms with van der Waals surface area (Å²) < 4.78 is 5.30. The number of methoxy groups -OCH3 is 1. The number of aromatic amines is 1. The van der Waals surface area contributed by atoms with Gasteiger partial charge in [0, 0.05) is 47.9 Å². The van der Waals surface area contributed by atoms with Crippen molar-refractivity contribution < 1.29 is 9.53 Å². The van der Waals surface area contributed by atoms with E-state index >= 15 is 0 Å². The lowest BCUT2D eigenvalue weighted by molar-refractivity contribution is -0.115. The molecule has 0 aliphatic carbocycles. The third-order valence-electron chi connectivity index (χ3n) is 4.21. The van der Waals surface area contributed by atoms with Gasteiger partial charge in [0.25, 0.3) is 5.91 Å². The number of rotatable bonds is 7. The maximum Gasteiger partial charge on any atom is 0.250 e. The molecule has 3 N–H and O–H groups in total. The minimum Gasteiger partial charge on any atom is -0.496 e. The standard InChI is InChI=1S/C22H25N7O2/c1-15-12-16(2)27-22(26-15)29-21(24-11-10-18-13-23-14-25-18)28-20(30)9-8-17-6-4-5-7-19(17)31-3/h4-9,12-14H,10-11H2,1-3H3,(H,23,25)(H2,24,26,27,28,29,30)/b9-8+. The van der Waals surface area contributed by atoms with Crippen LogP contribution in [0, 0.1) is 13.8 Å². The Kier molecular flexibility index (Phi) is 7.47. The van der Waals surface area contributed by atoms with E-state index < -0.39 is 0 Å². The molecule has 3 rings (SSSR count). The van der Waals surface area contributed by atoms with Crippen molar-refractivity contribution in [3.63, 3.8) is 0 Å². The third kappa shape index (κ3) is 6.77. The van der Waals surface area contributed by atoms with E-state index in [4.69, 9.17) is 4.74 Å². The highest BCUT2D eigenvalue weighted by atomic mass is 16.5. The lowest BCUT2D eigenvalue weighted by Gasteiger charge is -2.10. The minimum atomic E-state index is -0.344. The summed E-state index contributed by atoms with van der Waals surface area (Å²) in [5, 5.41) is 5.76. The molecule has 9 nitrogen and oxygen atoms in total. The number of nitrogens with one attached hydrogen (secondary N) is 3. The number of benzene rings is 1. The number of hydrogen-bond donors (Lipinski definition) is 3. The Labute approximate surface area is 180 Å². The fourth-order valence-electron chi connectivity index (χ4n) is 2.84. The minimum absolute atomic E-state index is 0.263. The van der Waals surface area contributed by atoms with Crippen molar-refractivity contribution in [2.24, 2.45) is 4.99 Å². The highest BCUT2D eigenvalue weighted by Crippen LogP contribution is 2.18. The predicted molar refractivity (Wildman–Crippen MR) is 120 cm³/mol. The molecule has 0 aliphatic rings. The average Bonchev–Trinajstić information content (AvgIpc) is 3.25. The van der Waals surface area contributed by atoms with Gasteiger partial charge in [-0.05, 0) is 32.1 Å². The summed E-state index contributed by atoms with van der Waals surface area (Å²) in [6, 6.07) is 9.31. The van der Waals surface area contributed by atoms with Crippen LogP contribution in [0.4, 0.5) is 5.95 Å². The zero-order valence-electron chi connectivity index (χ0n) is 17.7. The molecular weight excluding hydrogens is 394 g/mol. The molecule has 2 heterocycles. The Morgan fingerprint density at radius 2 is 2.00 bits per heavy atom. The third-order valence-corrected chi connectivity index (χ3v) is 4.21. The second kappa shape index (κ2) is 10.7. The largest absolute Gasteiger partial charge is 0.496 e. The van der Waals surface area contributed by atoms with Gasteiger partial charge in [0.1, 0.15) is 5.75 Å². The maximum atomic E-state index is 12.5. The predicted octanol–water partition coefficient (Wildman–Crippen LogP) is 2.67. The number of H-pyrrole nitrogens is 1. The maximum absolute atomic E-state index is 12.5. The van der Waals surface area contributed by atoms with E-state index in [1.54, 1.807) is 25.7 Å². The fraction of sp³-hybridized carbons (Fsp3) is 0.227. The number of para-hydroxylation sites is 1. The number of aromatic nitrogens is 4. The first-order valence-corrected chi connectivity index (χ1v) is 9.76. The number of aryl methyl sites for hydroxylation is 2. The summed E-state index contributed by atoms with van der Waals surface area (Å²) in [4.78, 5) is 32.7. The lowest BCUT2D eigenvalue weighted by atomic mass is 10.2. The van der Waals surface area contributed by atoms with Crippen LogP contribution in [-0.4, -0.2) is 45.5 Å². The molecule has 1 amide bonds. The van der Waals surface area contributed by atoms with Crippen LogP contribution in [0.2, 0.25) is 0 Å². The summed E-state index contributed by atoms with van der Waals surface area (Å²) in [6.07, 6.45) is 7.11. The molecule has 0 radical (unpaired) electrons. The van der Waals surface area contributed by atoms with Crippen molar-refractivity contribution >= 4 is 23.9 Å². The number of hydrogen-bond acceptors (Lipinski definition) is 6. The van der Waals surface area contributed by atoms with Crippen LogP contribution >= 0.6 is 0 Å². The highest BCUT2D eigenvalue weighted by molar-refractivity contribution is 6.08. The number of imidazole rings is 1. The smallest absolute Gasteiger partial charge is 0.250 e. The van der Waals surface area contributed by atoms with Crippen molar-refractivity contribution in [2.45, 2.75) is 20.3 Å². The molecular formula is C22H25N7O2. The first-order chi connectivity index (χ1) is 15.0. The zero-order chi connectivity index (χ0) is 22.1. The van der Waals surface area contributed by atoms with Gasteiger partial charge in [-0.1, -0.05) is 18.2 Å². The molecule has 0 atom stereocenters. The molecule has 1 aromatic carbocycles. The van der Waals surface area contributed by atoms with Crippen LogP contribution < -0.4 is 15.4 Å². The summed E-state index contributed by atoms with van der Waals surface area (Å²) in [5.41, 5.74) is 3.38. The molecule has 0 aliphatic heterocycles. The first kappa shape index (κ1) is 21.7. The number of anilines is 1. The fourth-order valence-corrected chi connectivity index (χ4v) is 2.84. The summed E-state index contributed by atoms with van der Waals surface area (Å²) >= 11 is 0. The van der Waals surface area contributed by atoms with Crippen LogP contribution in [0.3, 0.4) is 0 Å². The van der Waals surface area contributed by atoms with Crippen LogP contribution in [0.5, 0.6) is 5.75 Å². The van der Waals surface area contributed by atoms with Crippen molar-refractivity contribution in [1.82, 2.24) is 25.3 Å². The SMILES string of the molecule is COc1ccccc1/C=C/C(=O)NC(=NCCc1cnc[nH]1)Nc1nc(C)cc(C)n1. The van der Waals surface area contributed by atoms with E-state index in [0.29, 0.717) is 24.7 Å². The van der Waals surface area contributed by atoms with Gasteiger partial charge in [0.05, 0.1) is 13.4 Å². The van der Waals surface area contributed by atoms with Gasteiger partial charge in [-0.15, -0.1) is 0 Å². The number of aliphatic imine (C=N–C) groups is 1. The van der Waals surface area contributed by atoms with Crippen molar-refractivity contribution in [3.8, 4) is 5.75 Å². The Morgan fingerprint density at radius 3 is 2.71 bits per heavy atom. The molecule has 3 aromatic rings. The molecule has 0 fully saturated rings. The molecule has 0 saturated carbocycles. The van der Waals surface area contributed by atoms with Crippen molar-refractivity contribution in [3.05, 3.63) is 71.6 Å². The Balaban J connectivity index is 1.72. The Morgan fingerprint density at radius 1 is 1.23 bits per heavy atom. The zero-order valence-corrected chi connectivity index (χ0v) is 17.7. The van der Waals surface area contributed by atoms with E-state index in [-0.39, 0.29) is 11.9 Å². The molecule has 0 bridgehead atoms. The molecule has 0 spiro atoms. The van der Waals surface area contributed by atoms with Gasteiger partial charge in [-0.25, -0.2) is 15.0 Å². The van der Waals surface area contributed by atoms with Gasteiger partial charge < -0.3 is 9.72 Å². The van der Waals surface area contributed by atoms with Crippen molar-refractivity contribution in [1.29, 1.82) is 0 Å². The quantitative estimate of drug-likeness (QED) is 0.308. The van der Waals surface area contributed by atoms with Crippen LogP contribution in [0.15, 0.2) is 53.9 Å². The molecule has 2 aromatic heterocycles. The topological polar surface area (TPSA) is 117 Å². The summed E-state index contributed by atoms with van der Waals surface area (Å²) in [7, 11) is 1.59. The number of carbonyl (C=O) groups is 1. The molecule has 9 heteroatoms. The van der Waals surface area contributed by atoms with Gasteiger partial charge in [-0.2, -0.15) is 0 Å². The second-order valence-corrected chi connectivity index (χ2v) is 6.72.